The van der Waals surface area contributed by atoms with Crippen molar-refractivity contribution in [2.45, 2.75) is 13.3 Å². The van der Waals surface area contributed by atoms with Gasteiger partial charge in [-0.15, -0.1) is 0 Å². The predicted octanol–water partition coefficient (Wildman–Crippen LogP) is 0.718. The summed E-state index contributed by atoms with van der Waals surface area (Å²) < 4.78 is 30.7. The molecule has 0 unspecified atom stereocenters. The first kappa shape index (κ1) is 13.6. The highest BCUT2D eigenvalue weighted by Gasteiger charge is 2.29. The van der Waals surface area contributed by atoms with Crippen molar-refractivity contribution >= 4 is 21.7 Å². The minimum atomic E-state index is -3.47. The SMILES string of the molecule is CCCS(=O)(=O)N1CCOc2ncc(C(=O)O)cc21. The average molecular weight is 286 g/mol. The molecule has 1 N–H and O–H groups in total. The molecular weight excluding hydrogens is 272 g/mol. The van der Waals surface area contributed by atoms with Crippen molar-refractivity contribution in [1.29, 1.82) is 0 Å². The zero-order valence-electron chi connectivity index (χ0n) is 10.4. The number of fused-ring (bicyclic) bond motifs is 1. The largest absolute Gasteiger partial charge is 0.478 e. The maximum atomic E-state index is 12.1. The third kappa shape index (κ3) is 2.62. The second-order valence-electron chi connectivity index (χ2n) is 4.09. The number of carboxylic acids is 1. The lowest BCUT2D eigenvalue weighted by Gasteiger charge is -2.29. The van der Waals surface area contributed by atoms with Crippen LogP contribution in [0.4, 0.5) is 5.69 Å². The molecule has 1 aromatic heterocycles. The summed E-state index contributed by atoms with van der Waals surface area (Å²) in [6.45, 7) is 2.14. The zero-order valence-corrected chi connectivity index (χ0v) is 11.2. The molecular formula is C11H14N2O5S. The van der Waals surface area contributed by atoms with E-state index >= 15 is 0 Å². The number of carbonyl (C=O) groups is 1. The molecule has 0 saturated heterocycles. The van der Waals surface area contributed by atoms with Crippen LogP contribution in [-0.2, 0) is 10.0 Å². The fraction of sp³-hybridized carbons (Fsp3) is 0.455. The Hall–Kier alpha value is -1.83. The molecule has 0 aliphatic carbocycles. The van der Waals surface area contributed by atoms with E-state index in [-0.39, 0.29) is 36.0 Å². The second kappa shape index (κ2) is 5.04. The van der Waals surface area contributed by atoms with Gasteiger partial charge >= 0.3 is 5.97 Å². The van der Waals surface area contributed by atoms with E-state index in [1.807, 2.05) is 0 Å². The van der Waals surface area contributed by atoms with E-state index in [0.29, 0.717) is 6.42 Å². The smallest absolute Gasteiger partial charge is 0.337 e. The molecule has 0 aromatic carbocycles. The minimum Gasteiger partial charge on any atom is -0.478 e. The Balaban J connectivity index is 2.48. The van der Waals surface area contributed by atoms with Crippen molar-refractivity contribution in [3.8, 4) is 5.88 Å². The first-order valence-corrected chi connectivity index (χ1v) is 7.43. The van der Waals surface area contributed by atoms with E-state index in [4.69, 9.17) is 9.84 Å². The monoisotopic (exact) mass is 286 g/mol. The number of hydrogen-bond donors (Lipinski definition) is 1. The number of aromatic nitrogens is 1. The molecule has 2 rings (SSSR count). The number of nitrogens with zero attached hydrogens (tertiary/aromatic N) is 2. The summed E-state index contributed by atoms with van der Waals surface area (Å²) in [4.78, 5) is 14.8. The van der Waals surface area contributed by atoms with Crippen LogP contribution in [0, 0.1) is 0 Å². The van der Waals surface area contributed by atoms with Gasteiger partial charge in [-0.25, -0.2) is 18.2 Å². The van der Waals surface area contributed by atoms with E-state index in [0.717, 1.165) is 6.20 Å². The number of aromatic carboxylic acids is 1. The molecule has 7 nitrogen and oxygen atoms in total. The normalized spacial score (nSPS) is 14.7. The Morgan fingerprint density at radius 2 is 2.32 bits per heavy atom. The average Bonchev–Trinajstić information content (AvgIpc) is 2.37. The van der Waals surface area contributed by atoms with Crippen LogP contribution in [0.2, 0.25) is 0 Å². The molecule has 1 aromatic rings. The summed E-state index contributed by atoms with van der Waals surface area (Å²) in [5.41, 5.74) is 0.126. The Kier molecular flexibility index (Phi) is 3.61. The van der Waals surface area contributed by atoms with E-state index < -0.39 is 16.0 Å². The van der Waals surface area contributed by atoms with Crippen LogP contribution in [0.25, 0.3) is 0 Å². The highest BCUT2D eigenvalue weighted by atomic mass is 32.2. The van der Waals surface area contributed by atoms with Gasteiger partial charge in [-0.1, -0.05) is 6.92 Å². The van der Waals surface area contributed by atoms with Gasteiger partial charge in [0.1, 0.15) is 12.3 Å². The van der Waals surface area contributed by atoms with E-state index in [2.05, 4.69) is 4.98 Å². The summed E-state index contributed by atoms with van der Waals surface area (Å²) in [6, 6.07) is 1.27. The van der Waals surface area contributed by atoms with Crippen molar-refractivity contribution in [1.82, 2.24) is 4.98 Å². The van der Waals surface area contributed by atoms with Crippen molar-refractivity contribution < 1.29 is 23.1 Å². The molecule has 0 atom stereocenters. The van der Waals surface area contributed by atoms with Crippen LogP contribution < -0.4 is 9.04 Å². The van der Waals surface area contributed by atoms with Gasteiger partial charge < -0.3 is 9.84 Å². The molecule has 1 aliphatic rings. The van der Waals surface area contributed by atoms with Crippen molar-refractivity contribution in [2.75, 3.05) is 23.2 Å². The lowest BCUT2D eigenvalue weighted by molar-refractivity contribution is 0.0696. The standard InChI is InChI=1S/C11H14N2O5S/c1-2-5-19(16,17)13-3-4-18-10-9(13)6-8(7-12-10)11(14)15/h6-7H,2-5H2,1H3,(H,14,15). The van der Waals surface area contributed by atoms with Crippen LogP contribution in [0.3, 0.4) is 0 Å². The zero-order chi connectivity index (χ0) is 14.0. The Morgan fingerprint density at radius 1 is 1.58 bits per heavy atom. The summed E-state index contributed by atoms with van der Waals surface area (Å²) in [5.74, 6) is -1.01. The maximum absolute atomic E-state index is 12.1. The summed E-state index contributed by atoms with van der Waals surface area (Å²) in [6.07, 6.45) is 1.64. The summed E-state index contributed by atoms with van der Waals surface area (Å²) >= 11 is 0. The van der Waals surface area contributed by atoms with Gasteiger partial charge in [-0.2, -0.15) is 0 Å². The molecule has 8 heteroatoms. The van der Waals surface area contributed by atoms with Crippen molar-refractivity contribution in [2.24, 2.45) is 0 Å². The first-order valence-electron chi connectivity index (χ1n) is 5.82. The Morgan fingerprint density at radius 3 is 2.95 bits per heavy atom. The van der Waals surface area contributed by atoms with Gasteiger partial charge in [0.25, 0.3) is 0 Å². The number of sulfonamides is 1. The molecule has 0 spiro atoms. The van der Waals surface area contributed by atoms with Crippen LogP contribution in [0.5, 0.6) is 5.88 Å². The van der Waals surface area contributed by atoms with Crippen LogP contribution in [0.1, 0.15) is 23.7 Å². The molecule has 0 radical (unpaired) electrons. The quantitative estimate of drug-likeness (QED) is 0.876. The van der Waals surface area contributed by atoms with Crippen LogP contribution >= 0.6 is 0 Å². The second-order valence-corrected chi connectivity index (χ2v) is 6.10. The van der Waals surface area contributed by atoms with Gasteiger partial charge in [0.05, 0.1) is 17.9 Å². The molecule has 104 valence electrons. The van der Waals surface area contributed by atoms with E-state index in [1.54, 1.807) is 6.92 Å². The lowest BCUT2D eigenvalue weighted by Crippen LogP contribution is -2.39. The summed E-state index contributed by atoms with van der Waals surface area (Å²) in [5, 5.41) is 8.93. The topological polar surface area (TPSA) is 96.8 Å². The van der Waals surface area contributed by atoms with Gasteiger partial charge in [0, 0.05) is 6.20 Å². The van der Waals surface area contributed by atoms with Crippen molar-refractivity contribution in [3.05, 3.63) is 17.8 Å². The van der Waals surface area contributed by atoms with Gasteiger partial charge in [0.15, 0.2) is 0 Å². The minimum absolute atomic E-state index is 0.00371. The Labute approximate surface area is 110 Å². The number of anilines is 1. The number of hydrogen-bond acceptors (Lipinski definition) is 5. The predicted molar refractivity (Wildman–Crippen MR) is 68.1 cm³/mol. The third-order valence-corrected chi connectivity index (χ3v) is 4.65. The summed E-state index contributed by atoms with van der Waals surface area (Å²) in [7, 11) is -3.47. The Bertz CT molecular complexity index is 599. The van der Waals surface area contributed by atoms with Crippen molar-refractivity contribution in [3.63, 3.8) is 0 Å². The molecule has 0 saturated carbocycles. The highest BCUT2D eigenvalue weighted by Crippen LogP contribution is 2.32. The first-order chi connectivity index (χ1) is 8.95. The number of rotatable bonds is 4. The molecule has 0 amide bonds. The number of pyridine rings is 1. The van der Waals surface area contributed by atoms with Gasteiger partial charge in [0.2, 0.25) is 15.9 Å². The van der Waals surface area contributed by atoms with E-state index in [9.17, 15) is 13.2 Å². The van der Waals surface area contributed by atoms with Gasteiger partial charge in [-0.3, -0.25) is 4.31 Å². The number of ether oxygens (including phenoxy) is 1. The molecule has 0 fully saturated rings. The fourth-order valence-corrected chi connectivity index (χ4v) is 3.37. The van der Waals surface area contributed by atoms with Crippen LogP contribution in [0.15, 0.2) is 12.3 Å². The maximum Gasteiger partial charge on any atom is 0.337 e. The molecule has 2 heterocycles. The lowest BCUT2D eigenvalue weighted by atomic mass is 10.2. The molecule has 0 bridgehead atoms. The number of carboxylic acid groups (broad SMARTS) is 1. The molecule has 19 heavy (non-hydrogen) atoms. The fourth-order valence-electron chi connectivity index (χ4n) is 1.85. The van der Waals surface area contributed by atoms with E-state index in [1.165, 1.54) is 10.4 Å². The molecule has 1 aliphatic heterocycles. The van der Waals surface area contributed by atoms with Crippen LogP contribution in [-0.4, -0.2) is 43.4 Å². The van der Waals surface area contributed by atoms with Gasteiger partial charge in [-0.05, 0) is 12.5 Å². The highest BCUT2D eigenvalue weighted by molar-refractivity contribution is 7.92. The third-order valence-electron chi connectivity index (χ3n) is 2.68.